The molecule has 1 aliphatic carbocycles. The van der Waals surface area contributed by atoms with Crippen LogP contribution in [0.2, 0.25) is 0 Å². The summed E-state index contributed by atoms with van der Waals surface area (Å²) < 4.78 is 11.3. The third-order valence-electron chi connectivity index (χ3n) is 3.58. The van der Waals surface area contributed by atoms with Gasteiger partial charge in [0.15, 0.2) is 11.5 Å². The molecule has 0 spiro atoms. The third-order valence-corrected chi connectivity index (χ3v) is 3.58. The second-order valence-electron chi connectivity index (χ2n) is 5.41. The van der Waals surface area contributed by atoms with Gasteiger partial charge in [-0.05, 0) is 25.8 Å². The molecule has 1 atom stereocenters. The molecule has 104 valence electrons. The molecule has 4 heteroatoms. The molecule has 2 aliphatic rings. The molecule has 1 fully saturated rings. The van der Waals surface area contributed by atoms with Crippen LogP contribution in [0.25, 0.3) is 0 Å². The fourth-order valence-electron chi connectivity index (χ4n) is 2.26. The molecular weight excluding hydrogens is 240 g/mol. The largest absolute Gasteiger partial charge is 0.486 e. The molecule has 1 aromatic rings. The number of rotatable bonds is 6. The molecular formula is C15H22N2O2. The summed E-state index contributed by atoms with van der Waals surface area (Å²) in [5.41, 5.74) is 1.18. The first-order valence-corrected chi connectivity index (χ1v) is 7.17. The van der Waals surface area contributed by atoms with Gasteiger partial charge in [0, 0.05) is 30.7 Å². The smallest absolute Gasteiger partial charge is 0.165 e. The molecule has 0 aromatic heterocycles. The Morgan fingerprint density at radius 2 is 2.11 bits per heavy atom. The quantitative estimate of drug-likeness (QED) is 0.818. The highest BCUT2D eigenvalue weighted by atomic mass is 16.6. The van der Waals surface area contributed by atoms with Crippen LogP contribution in [0.4, 0.5) is 0 Å². The lowest BCUT2D eigenvalue weighted by molar-refractivity contribution is 0.169. The molecule has 0 radical (unpaired) electrons. The van der Waals surface area contributed by atoms with E-state index in [0.717, 1.165) is 30.6 Å². The van der Waals surface area contributed by atoms with E-state index in [1.54, 1.807) is 0 Å². The molecule has 2 N–H and O–H groups in total. The van der Waals surface area contributed by atoms with Crippen molar-refractivity contribution >= 4 is 0 Å². The average molecular weight is 262 g/mol. The molecule has 0 amide bonds. The van der Waals surface area contributed by atoms with Gasteiger partial charge in [-0.25, -0.2) is 0 Å². The van der Waals surface area contributed by atoms with E-state index in [-0.39, 0.29) is 0 Å². The van der Waals surface area contributed by atoms with E-state index in [4.69, 9.17) is 9.47 Å². The lowest BCUT2D eigenvalue weighted by Crippen LogP contribution is -2.36. The number of ether oxygens (including phenoxy) is 2. The van der Waals surface area contributed by atoms with E-state index in [9.17, 15) is 0 Å². The monoisotopic (exact) mass is 262 g/mol. The summed E-state index contributed by atoms with van der Waals surface area (Å²) in [6, 6.07) is 7.32. The van der Waals surface area contributed by atoms with E-state index in [0.29, 0.717) is 19.3 Å². The van der Waals surface area contributed by atoms with E-state index in [1.165, 1.54) is 18.4 Å². The maximum atomic E-state index is 5.71. The van der Waals surface area contributed by atoms with Crippen LogP contribution < -0.4 is 20.1 Å². The van der Waals surface area contributed by atoms with Crippen LogP contribution in [0.1, 0.15) is 25.3 Å². The number of fused-ring (bicyclic) bond motifs is 1. The topological polar surface area (TPSA) is 42.5 Å². The molecule has 1 unspecified atom stereocenters. The Morgan fingerprint density at radius 3 is 2.95 bits per heavy atom. The lowest BCUT2D eigenvalue weighted by atomic mass is 10.1. The molecule has 19 heavy (non-hydrogen) atoms. The van der Waals surface area contributed by atoms with Crippen molar-refractivity contribution in [3.63, 3.8) is 0 Å². The zero-order valence-electron chi connectivity index (χ0n) is 11.4. The van der Waals surface area contributed by atoms with Crippen molar-refractivity contribution in [2.75, 3.05) is 19.8 Å². The van der Waals surface area contributed by atoms with Gasteiger partial charge >= 0.3 is 0 Å². The predicted octanol–water partition coefficient (Wildman–Crippen LogP) is 1.69. The molecule has 0 bridgehead atoms. The first-order chi connectivity index (χ1) is 9.33. The maximum Gasteiger partial charge on any atom is 0.165 e. The first-order valence-electron chi connectivity index (χ1n) is 7.17. The predicted molar refractivity (Wildman–Crippen MR) is 74.8 cm³/mol. The summed E-state index contributed by atoms with van der Waals surface area (Å²) in [6.07, 6.45) is 2.67. The minimum absolute atomic E-state index is 0.459. The first kappa shape index (κ1) is 12.8. The Bertz CT molecular complexity index is 432. The third kappa shape index (κ3) is 3.39. The van der Waals surface area contributed by atoms with Crippen LogP contribution >= 0.6 is 0 Å². The SMILES string of the molecule is CC(CNC1CC1)NCc1cccc2c1OCCO2. The minimum atomic E-state index is 0.459. The van der Waals surface area contributed by atoms with Crippen molar-refractivity contribution in [1.82, 2.24) is 10.6 Å². The molecule has 1 heterocycles. The van der Waals surface area contributed by atoms with Gasteiger partial charge in [-0.2, -0.15) is 0 Å². The van der Waals surface area contributed by atoms with Gasteiger partial charge in [0.2, 0.25) is 0 Å². The van der Waals surface area contributed by atoms with Gasteiger partial charge < -0.3 is 20.1 Å². The van der Waals surface area contributed by atoms with Crippen molar-refractivity contribution in [3.05, 3.63) is 23.8 Å². The zero-order valence-corrected chi connectivity index (χ0v) is 11.4. The highest BCUT2D eigenvalue weighted by Gasteiger charge is 2.21. The van der Waals surface area contributed by atoms with Crippen LogP contribution in [-0.2, 0) is 6.54 Å². The van der Waals surface area contributed by atoms with Gasteiger partial charge in [-0.15, -0.1) is 0 Å². The van der Waals surface area contributed by atoms with Crippen LogP contribution in [-0.4, -0.2) is 31.8 Å². The van der Waals surface area contributed by atoms with Crippen molar-refractivity contribution in [1.29, 1.82) is 0 Å². The van der Waals surface area contributed by atoms with Crippen LogP contribution in [0.5, 0.6) is 11.5 Å². The summed E-state index contributed by atoms with van der Waals surface area (Å²) >= 11 is 0. The second-order valence-corrected chi connectivity index (χ2v) is 5.41. The number of para-hydroxylation sites is 1. The van der Waals surface area contributed by atoms with Crippen molar-refractivity contribution in [3.8, 4) is 11.5 Å². The van der Waals surface area contributed by atoms with E-state index < -0.39 is 0 Å². The molecule has 3 rings (SSSR count). The normalized spacial score (nSPS) is 19.2. The number of benzene rings is 1. The second kappa shape index (κ2) is 5.80. The summed E-state index contributed by atoms with van der Waals surface area (Å²) in [5, 5.41) is 7.07. The Balaban J connectivity index is 1.53. The number of nitrogens with one attached hydrogen (secondary N) is 2. The fraction of sp³-hybridized carbons (Fsp3) is 0.600. The van der Waals surface area contributed by atoms with E-state index in [2.05, 4.69) is 23.6 Å². The molecule has 4 nitrogen and oxygen atoms in total. The van der Waals surface area contributed by atoms with Crippen LogP contribution in [0.15, 0.2) is 18.2 Å². The summed E-state index contributed by atoms with van der Waals surface area (Å²) in [4.78, 5) is 0. The molecule has 1 aromatic carbocycles. The highest BCUT2D eigenvalue weighted by Crippen LogP contribution is 2.33. The summed E-state index contributed by atoms with van der Waals surface area (Å²) in [5.74, 6) is 1.78. The molecule has 1 aliphatic heterocycles. The van der Waals surface area contributed by atoms with E-state index in [1.807, 2.05) is 12.1 Å². The van der Waals surface area contributed by atoms with Gasteiger partial charge in [-0.1, -0.05) is 12.1 Å². The van der Waals surface area contributed by atoms with E-state index >= 15 is 0 Å². The standard InChI is InChI=1S/C15H22N2O2/c1-11(9-17-13-5-6-13)16-10-12-3-2-4-14-15(12)19-8-7-18-14/h2-4,11,13,16-17H,5-10H2,1H3. The van der Waals surface area contributed by atoms with Crippen LogP contribution in [0, 0.1) is 0 Å². The van der Waals surface area contributed by atoms with Crippen molar-refractivity contribution in [2.45, 2.75) is 38.4 Å². The minimum Gasteiger partial charge on any atom is -0.486 e. The lowest BCUT2D eigenvalue weighted by Gasteiger charge is -2.22. The number of hydrogen-bond acceptors (Lipinski definition) is 4. The average Bonchev–Trinajstić information content (AvgIpc) is 3.27. The van der Waals surface area contributed by atoms with Gasteiger partial charge in [0.25, 0.3) is 0 Å². The van der Waals surface area contributed by atoms with Crippen molar-refractivity contribution < 1.29 is 9.47 Å². The highest BCUT2D eigenvalue weighted by molar-refractivity contribution is 5.47. The van der Waals surface area contributed by atoms with Crippen LogP contribution in [0.3, 0.4) is 0 Å². The molecule has 0 saturated heterocycles. The number of hydrogen-bond donors (Lipinski definition) is 2. The Kier molecular flexibility index (Phi) is 3.89. The summed E-state index contributed by atoms with van der Waals surface area (Å²) in [6.45, 7) is 5.34. The van der Waals surface area contributed by atoms with Crippen molar-refractivity contribution in [2.24, 2.45) is 0 Å². The zero-order chi connectivity index (χ0) is 13.1. The van der Waals surface area contributed by atoms with Gasteiger partial charge in [-0.3, -0.25) is 0 Å². The Hall–Kier alpha value is -1.26. The van der Waals surface area contributed by atoms with Gasteiger partial charge in [0.05, 0.1) is 0 Å². The Morgan fingerprint density at radius 1 is 1.26 bits per heavy atom. The summed E-state index contributed by atoms with van der Waals surface area (Å²) in [7, 11) is 0. The van der Waals surface area contributed by atoms with Gasteiger partial charge in [0.1, 0.15) is 13.2 Å². The fourth-order valence-corrected chi connectivity index (χ4v) is 2.26. The Labute approximate surface area is 114 Å². The maximum absolute atomic E-state index is 5.71. The molecule has 1 saturated carbocycles.